The zero-order valence-electron chi connectivity index (χ0n) is 12.2. The molecule has 1 aromatic rings. The van der Waals surface area contributed by atoms with Crippen molar-refractivity contribution in [1.82, 2.24) is 5.32 Å². The third kappa shape index (κ3) is 3.05. The Hall–Kier alpha value is -1.02. The van der Waals surface area contributed by atoms with E-state index >= 15 is 0 Å². The molecule has 1 heterocycles. The molecule has 18 heavy (non-hydrogen) atoms. The van der Waals surface area contributed by atoms with Gasteiger partial charge in [0.05, 0.1) is 0 Å². The van der Waals surface area contributed by atoms with E-state index in [9.17, 15) is 0 Å². The maximum absolute atomic E-state index is 3.57. The Bertz CT molecular complexity index is 406. The highest BCUT2D eigenvalue weighted by Gasteiger charge is 2.15. The average Bonchev–Trinajstić information content (AvgIpc) is 2.84. The summed E-state index contributed by atoms with van der Waals surface area (Å²) < 4.78 is 0. The molecule has 1 fully saturated rings. The summed E-state index contributed by atoms with van der Waals surface area (Å²) >= 11 is 0. The van der Waals surface area contributed by atoms with E-state index in [0.29, 0.717) is 0 Å². The van der Waals surface area contributed by atoms with Crippen LogP contribution < -0.4 is 10.2 Å². The molecule has 1 aliphatic heterocycles. The van der Waals surface area contributed by atoms with Crippen molar-refractivity contribution in [2.24, 2.45) is 0 Å². The normalized spacial score (nSPS) is 19.2. The summed E-state index contributed by atoms with van der Waals surface area (Å²) in [5.74, 6) is 0. The van der Waals surface area contributed by atoms with Gasteiger partial charge in [0.2, 0.25) is 0 Å². The zero-order chi connectivity index (χ0) is 13.1. The maximum atomic E-state index is 3.57. The van der Waals surface area contributed by atoms with E-state index < -0.39 is 0 Å². The van der Waals surface area contributed by atoms with E-state index in [1.807, 2.05) is 0 Å². The molecular weight excluding hydrogens is 220 g/mol. The zero-order valence-corrected chi connectivity index (χ0v) is 12.2. The third-order valence-corrected chi connectivity index (χ3v) is 4.20. The largest absolute Gasteiger partial charge is 0.374 e. The van der Waals surface area contributed by atoms with E-state index in [-0.39, 0.29) is 0 Å². The molecule has 0 aliphatic carbocycles. The van der Waals surface area contributed by atoms with Crippen molar-refractivity contribution in [3.8, 4) is 0 Å². The summed E-state index contributed by atoms with van der Waals surface area (Å²) in [6.45, 7) is 8.95. The predicted octanol–water partition coefficient (Wildman–Crippen LogP) is 3.19. The van der Waals surface area contributed by atoms with E-state index in [4.69, 9.17) is 0 Å². The molecular formula is C16H26N2. The Morgan fingerprint density at radius 1 is 1.17 bits per heavy atom. The smallest absolute Gasteiger partial charge is 0.0396 e. The van der Waals surface area contributed by atoms with Crippen LogP contribution in [0.4, 0.5) is 5.69 Å². The molecule has 1 unspecified atom stereocenters. The molecule has 1 atom stereocenters. The van der Waals surface area contributed by atoms with Gasteiger partial charge in [0, 0.05) is 25.3 Å². The van der Waals surface area contributed by atoms with Gasteiger partial charge in [0.1, 0.15) is 0 Å². The van der Waals surface area contributed by atoms with Crippen molar-refractivity contribution in [2.45, 2.75) is 46.1 Å². The van der Waals surface area contributed by atoms with Gasteiger partial charge >= 0.3 is 0 Å². The molecule has 1 aromatic carbocycles. The first-order valence-corrected chi connectivity index (χ1v) is 7.10. The molecule has 2 heteroatoms. The fourth-order valence-corrected chi connectivity index (χ4v) is 2.83. The number of anilines is 1. The minimum Gasteiger partial charge on any atom is -0.374 e. The van der Waals surface area contributed by atoms with Gasteiger partial charge in [0.15, 0.2) is 0 Å². The minimum absolute atomic E-state index is 0.735. The predicted molar refractivity (Wildman–Crippen MR) is 79.6 cm³/mol. The van der Waals surface area contributed by atoms with Crippen LogP contribution in [0.15, 0.2) is 12.1 Å². The highest BCUT2D eigenvalue weighted by Crippen LogP contribution is 2.23. The van der Waals surface area contributed by atoms with E-state index in [2.05, 4.69) is 50.2 Å². The first-order valence-electron chi connectivity index (χ1n) is 7.10. The number of hydrogen-bond donors (Lipinski definition) is 1. The Morgan fingerprint density at radius 3 is 2.56 bits per heavy atom. The Balaban J connectivity index is 1.99. The molecule has 1 aliphatic rings. The lowest BCUT2D eigenvalue weighted by molar-refractivity contribution is 0.559. The van der Waals surface area contributed by atoms with Crippen molar-refractivity contribution < 1.29 is 0 Å². The summed E-state index contributed by atoms with van der Waals surface area (Å²) in [4.78, 5) is 2.40. The third-order valence-electron chi connectivity index (χ3n) is 4.20. The minimum atomic E-state index is 0.735. The topological polar surface area (TPSA) is 15.3 Å². The summed E-state index contributed by atoms with van der Waals surface area (Å²) in [7, 11) is 2.21. The van der Waals surface area contributed by atoms with Gasteiger partial charge in [0.25, 0.3) is 0 Å². The molecule has 1 saturated heterocycles. The van der Waals surface area contributed by atoms with Crippen LogP contribution in [-0.4, -0.2) is 26.2 Å². The van der Waals surface area contributed by atoms with Crippen LogP contribution in [0.25, 0.3) is 0 Å². The number of benzene rings is 1. The Labute approximate surface area is 111 Å². The SMILES string of the molecule is Cc1cc(C)c(N(C)CCC2CCCN2)cc1C. The number of nitrogens with zero attached hydrogens (tertiary/aromatic N) is 1. The van der Waals surface area contributed by atoms with Crippen LogP contribution in [0.3, 0.4) is 0 Å². The van der Waals surface area contributed by atoms with E-state index in [0.717, 1.165) is 12.6 Å². The van der Waals surface area contributed by atoms with Gasteiger partial charge in [-0.25, -0.2) is 0 Å². The van der Waals surface area contributed by atoms with Crippen LogP contribution in [0.1, 0.15) is 36.0 Å². The summed E-state index contributed by atoms with van der Waals surface area (Å²) in [6, 6.07) is 5.36. The molecule has 0 saturated carbocycles. The molecule has 0 aromatic heterocycles. The monoisotopic (exact) mass is 246 g/mol. The standard InChI is InChI=1S/C16H26N2/c1-12-10-14(3)16(11-13(12)2)18(4)9-7-15-6-5-8-17-15/h10-11,15,17H,5-9H2,1-4H3. The lowest BCUT2D eigenvalue weighted by Crippen LogP contribution is -2.28. The van der Waals surface area contributed by atoms with Crippen LogP contribution in [0.2, 0.25) is 0 Å². The summed E-state index contributed by atoms with van der Waals surface area (Å²) in [6.07, 6.45) is 3.94. The van der Waals surface area contributed by atoms with Gasteiger partial charge in [-0.2, -0.15) is 0 Å². The van der Waals surface area contributed by atoms with Gasteiger partial charge in [-0.05, 0) is 69.3 Å². The second-order valence-electron chi connectivity index (χ2n) is 5.73. The molecule has 0 amide bonds. The molecule has 0 bridgehead atoms. The Kier molecular flexibility index (Phi) is 4.28. The van der Waals surface area contributed by atoms with Crippen LogP contribution >= 0.6 is 0 Å². The molecule has 2 rings (SSSR count). The molecule has 0 radical (unpaired) electrons. The number of aryl methyl sites for hydroxylation is 3. The fourth-order valence-electron chi connectivity index (χ4n) is 2.83. The second kappa shape index (κ2) is 5.75. The van der Waals surface area contributed by atoms with Gasteiger partial charge in [-0.3, -0.25) is 0 Å². The van der Waals surface area contributed by atoms with Crippen LogP contribution in [0.5, 0.6) is 0 Å². The van der Waals surface area contributed by atoms with Crippen molar-refractivity contribution in [2.75, 3.05) is 25.0 Å². The van der Waals surface area contributed by atoms with Crippen molar-refractivity contribution in [1.29, 1.82) is 0 Å². The summed E-state index contributed by atoms with van der Waals surface area (Å²) in [5.41, 5.74) is 5.56. The van der Waals surface area contributed by atoms with E-state index in [1.165, 1.54) is 48.2 Å². The molecule has 100 valence electrons. The van der Waals surface area contributed by atoms with Gasteiger partial charge in [-0.1, -0.05) is 6.07 Å². The lowest BCUT2D eigenvalue weighted by Gasteiger charge is -2.24. The van der Waals surface area contributed by atoms with Crippen LogP contribution in [0, 0.1) is 20.8 Å². The van der Waals surface area contributed by atoms with Gasteiger partial charge in [-0.15, -0.1) is 0 Å². The highest BCUT2D eigenvalue weighted by atomic mass is 15.1. The number of rotatable bonds is 4. The fraction of sp³-hybridized carbons (Fsp3) is 0.625. The van der Waals surface area contributed by atoms with Crippen molar-refractivity contribution >= 4 is 5.69 Å². The maximum Gasteiger partial charge on any atom is 0.0396 e. The second-order valence-corrected chi connectivity index (χ2v) is 5.73. The van der Waals surface area contributed by atoms with Gasteiger partial charge < -0.3 is 10.2 Å². The lowest BCUT2D eigenvalue weighted by atomic mass is 10.0. The quantitative estimate of drug-likeness (QED) is 0.877. The highest BCUT2D eigenvalue weighted by molar-refractivity contribution is 5.56. The van der Waals surface area contributed by atoms with E-state index in [1.54, 1.807) is 0 Å². The number of hydrogen-bond acceptors (Lipinski definition) is 2. The van der Waals surface area contributed by atoms with Crippen molar-refractivity contribution in [3.05, 3.63) is 28.8 Å². The first kappa shape index (κ1) is 13.4. The number of nitrogens with one attached hydrogen (secondary N) is 1. The first-order chi connectivity index (χ1) is 8.58. The molecule has 2 nitrogen and oxygen atoms in total. The molecule has 1 N–H and O–H groups in total. The average molecular weight is 246 g/mol. The summed E-state index contributed by atoms with van der Waals surface area (Å²) in [5, 5.41) is 3.57. The Morgan fingerprint density at radius 2 is 1.89 bits per heavy atom. The molecule has 0 spiro atoms. The van der Waals surface area contributed by atoms with Crippen molar-refractivity contribution in [3.63, 3.8) is 0 Å². The van der Waals surface area contributed by atoms with Crippen LogP contribution in [-0.2, 0) is 0 Å².